The maximum Gasteiger partial charge on any atom is 0.220 e. The standard InChI is InChI=1S/C12H23N3OS/c16-11(9-12(10-17)1-2-12)14-5-8-15-6-3-13-4-7-15/h13,17H,1-10H2,(H,14,16). The highest BCUT2D eigenvalue weighted by Crippen LogP contribution is 2.49. The normalized spacial score (nSPS) is 23.4. The van der Waals surface area contributed by atoms with Crippen LogP contribution in [-0.4, -0.2) is 55.8 Å². The second kappa shape index (κ2) is 6.07. The van der Waals surface area contributed by atoms with Gasteiger partial charge in [0, 0.05) is 45.7 Å². The summed E-state index contributed by atoms with van der Waals surface area (Å²) in [4.78, 5) is 14.1. The van der Waals surface area contributed by atoms with Crippen molar-refractivity contribution in [1.82, 2.24) is 15.5 Å². The second-order valence-corrected chi connectivity index (χ2v) is 5.59. The van der Waals surface area contributed by atoms with Gasteiger partial charge in [-0.3, -0.25) is 9.69 Å². The molecule has 1 aliphatic carbocycles. The zero-order valence-electron chi connectivity index (χ0n) is 10.4. The summed E-state index contributed by atoms with van der Waals surface area (Å²) in [5.74, 6) is 1.05. The summed E-state index contributed by atoms with van der Waals surface area (Å²) in [5, 5.41) is 6.35. The maximum atomic E-state index is 11.7. The molecule has 0 atom stereocenters. The van der Waals surface area contributed by atoms with Crippen LogP contribution in [0.25, 0.3) is 0 Å². The Kier molecular flexibility index (Phi) is 4.70. The van der Waals surface area contributed by atoms with E-state index in [4.69, 9.17) is 0 Å². The van der Waals surface area contributed by atoms with E-state index in [2.05, 4.69) is 28.2 Å². The Hall–Kier alpha value is -0.260. The Bertz CT molecular complexity index is 262. The van der Waals surface area contributed by atoms with Crippen molar-refractivity contribution >= 4 is 18.5 Å². The lowest BCUT2D eigenvalue weighted by Gasteiger charge is -2.27. The van der Waals surface area contributed by atoms with Crippen LogP contribution in [0.1, 0.15) is 19.3 Å². The molecule has 1 saturated carbocycles. The van der Waals surface area contributed by atoms with Gasteiger partial charge in [0.05, 0.1) is 0 Å². The minimum atomic E-state index is 0.201. The SMILES string of the molecule is O=C(CC1(CS)CC1)NCCN1CCNCC1. The molecule has 0 aromatic rings. The first-order chi connectivity index (χ1) is 8.24. The van der Waals surface area contributed by atoms with Crippen molar-refractivity contribution in [1.29, 1.82) is 0 Å². The fourth-order valence-electron chi connectivity index (χ4n) is 2.26. The van der Waals surface area contributed by atoms with Gasteiger partial charge in [-0.1, -0.05) is 0 Å². The molecular weight excluding hydrogens is 234 g/mol. The molecule has 2 fully saturated rings. The molecule has 2 N–H and O–H groups in total. The van der Waals surface area contributed by atoms with Crippen molar-refractivity contribution < 1.29 is 4.79 Å². The van der Waals surface area contributed by atoms with Crippen LogP contribution in [0.3, 0.4) is 0 Å². The molecule has 0 unspecified atom stereocenters. The third kappa shape index (κ3) is 4.16. The van der Waals surface area contributed by atoms with E-state index in [-0.39, 0.29) is 11.3 Å². The third-order valence-electron chi connectivity index (χ3n) is 3.79. The number of carbonyl (C=O) groups excluding carboxylic acids is 1. The summed E-state index contributed by atoms with van der Waals surface area (Å²) in [6.07, 6.45) is 3.00. The Balaban J connectivity index is 1.56. The quantitative estimate of drug-likeness (QED) is 0.592. The fraction of sp³-hybridized carbons (Fsp3) is 0.917. The first-order valence-electron chi connectivity index (χ1n) is 6.55. The van der Waals surface area contributed by atoms with Gasteiger partial charge < -0.3 is 10.6 Å². The number of nitrogens with one attached hydrogen (secondary N) is 2. The van der Waals surface area contributed by atoms with Crippen LogP contribution in [0.4, 0.5) is 0 Å². The molecule has 4 nitrogen and oxygen atoms in total. The van der Waals surface area contributed by atoms with Crippen LogP contribution >= 0.6 is 12.6 Å². The lowest BCUT2D eigenvalue weighted by atomic mass is 10.1. The van der Waals surface area contributed by atoms with Crippen LogP contribution < -0.4 is 10.6 Å². The number of hydrogen-bond acceptors (Lipinski definition) is 4. The Morgan fingerprint density at radius 1 is 1.35 bits per heavy atom. The zero-order valence-corrected chi connectivity index (χ0v) is 11.3. The Morgan fingerprint density at radius 3 is 2.65 bits per heavy atom. The fourth-order valence-corrected chi connectivity index (χ4v) is 2.69. The molecule has 98 valence electrons. The predicted octanol–water partition coefficient (Wildman–Crippen LogP) is 0.108. The van der Waals surface area contributed by atoms with E-state index >= 15 is 0 Å². The van der Waals surface area contributed by atoms with Crippen molar-refractivity contribution in [2.75, 3.05) is 45.0 Å². The molecule has 1 aliphatic heterocycles. The van der Waals surface area contributed by atoms with E-state index in [1.807, 2.05) is 0 Å². The zero-order chi connectivity index (χ0) is 12.1. The molecule has 0 aromatic carbocycles. The molecule has 0 aromatic heterocycles. The molecule has 1 amide bonds. The molecule has 0 bridgehead atoms. The van der Waals surface area contributed by atoms with E-state index in [9.17, 15) is 4.79 Å². The topological polar surface area (TPSA) is 44.4 Å². The Morgan fingerprint density at radius 2 is 2.06 bits per heavy atom. The first-order valence-corrected chi connectivity index (χ1v) is 7.18. The van der Waals surface area contributed by atoms with Crippen molar-refractivity contribution in [2.24, 2.45) is 5.41 Å². The number of rotatable bonds is 6. The van der Waals surface area contributed by atoms with Crippen LogP contribution in [0.2, 0.25) is 0 Å². The summed E-state index contributed by atoms with van der Waals surface area (Å²) >= 11 is 4.32. The van der Waals surface area contributed by atoms with E-state index < -0.39 is 0 Å². The lowest BCUT2D eigenvalue weighted by molar-refractivity contribution is -0.122. The van der Waals surface area contributed by atoms with E-state index in [1.54, 1.807) is 0 Å². The van der Waals surface area contributed by atoms with Gasteiger partial charge in [0.15, 0.2) is 0 Å². The van der Waals surface area contributed by atoms with Gasteiger partial charge >= 0.3 is 0 Å². The van der Waals surface area contributed by atoms with E-state index in [0.29, 0.717) is 6.42 Å². The molecule has 0 spiro atoms. The monoisotopic (exact) mass is 257 g/mol. The average molecular weight is 257 g/mol. The van der Waals surface area contributed by atoms with Gasteiger partial charge in [-0.05, 0) is 24.0 Å². The number of nitrogens with zero attached hydrogens (tertiary/aromatic N) is 1. The number of hydrogen-bond donors (Lipinski definition) is 3. The third-order valence-corrected chi connectivity index (χ3v) is 4.46. The van der Waals surface area contributed by atoms with Crippen molar-refractivity contribution in [3.63, 3.8) is 0 Å². The molecule has 2 aliphatic rings. The average Bonchev–Trinajstić information content (AvgIpc) is 3.11. The highest BCUT2D eigenvalue weighted by molar-refractivity contribution is 7.80. The summed E-state index contributed by atoms with van der Waals surface area (Å²) in [7, 11) is 0. The lowest BCUT2D eigenvalue weighted by Crippen LogP contribution is -2.46. The van der Waals surface area contributed by atoms with Gasteiger partial charge in [-0.15, -0.1) is 0 Å². The molecule has 1 heterocycles. The van der Waals surface area contributed by atoms with Crippen molar-refractivity contribution in [3.8, 4) is 0 Å². The van der Waals surface area contributed by atoms with Gasteiger partial charge in [-0.2, -0.15) is 12.6 Å². The number of carbonyl (C=O) groups is 1. The van der Waals surface area contributed by atoms with Gasteiger partial charge in [-0.25, -0.2) is 0 Å². The number of thiol groups is 1. The second-order valence-electron chi connectivity index (χ2n) is 5.28. The highest BCUT2D eigenvalue weighted by Gasteiger charge is 2.42. The molecule has 17 heavy (non-hydrogen) atoms. The number of amides is 1. The summed E-state index contributed by atoms with van der Waals surface area (Å²) < 4.78 is 0. The van der Waals surface area contributed by atoms with Crippen LogP contribution in [-0.2, 0) is 4.79 Å². The molecule has 1 saturated heterocycles. The van der Waals surface area contributed by atoms with Crippen LogP contribution in [0.15, 0.2) is 0 Å². The molecule has 0 radical (unpaired) electrons. The molecule has 5 heteroatoms. The van der Waals surface area contributed by atoms with Gasteiger partial charge in [0.25, 0.3) is 0 Å². The van der Waals surface area contributed by atoms with Crippen LogP contribution in [0.5, 0.6) is 0 Å². The maximum absolute atomic E-state index is 11.7. The first kappa shape index (κ1) is 13.2. The minimum absolute atomic E-state index is 0.201. The highest BCUT2D eigenvalue weighted by atomic mass is 32.1. The van der Waals surface area contributed by atoms with Gasteiger partial charge in [0.2, 0.25) is 5.91 Å². The number of piperazine rings is 1. The molecule has 2 rings (SSSR count). The summed E-state index contributed by atoms with van der Waals surface area (Å²) in [6.45, 7) is 6.07. The van der Waals surface area contributed by atoms with Crippen molar-refractivity contribution in [3.05, 3.63) is 0 Å². The largest absolute Gasteiger partial charge is 0.355 e. The summed E-state index contributed by atoms with van der Waals surface area (Å²) in [6, 6.07) is 0. The Labute approximate surface area is 109 Å². The van der Waals surface area contributed by atoms with Crippen molar-refractivity contribution in [2.45, 2.75) is 19.3 Å². The van der Waals surface area contributed by atoms with Crippen LogP contribution in [0, 0.1) is 5.41 Å². The smallest absolute Gasteiger partial charge is 0.220 e. The van der Waals surface area contributed by atoms with E-state index in [1.165, 1.54) is 12.8 Å². The molecular formula is C12H23N3OS. The predicted molar refractivity (Wildman–Crippen MR) is 72.5 cm³/mol. The van der Waals surface area contributed by atoms with E-state index in [0.717, 1.165) is 45.0 Å². The van der Waals surface area contributed by atoms with Gasteiger partial charge in [0.1, 0.15) is 0 Å². The summed E-state index contributed by atoms with van der Waals surface area (Å²) in [5.41, 5.74) is 0.238. The minimum Gasteiger partial charge on any atom is -0.355 e.